The number of aromatic amines is 1. The molecule has 0 spiro atoms. The van der Waals surface area contributed by atoms with Crippen LogP contribution in [0.2, 0.25) is 0 Å². The molecule has 0 saturated heterocycles. The van der Waals surface area contributed by atoms with Gasteiger partial charge in [-0.3, -0.25) is 9.59 Å². The number of benzene rings is 3. The van der Waals surface area contributed by atoms with Gasteiger partial charge in [-0.15, -0.1) is 0 Å². The minimum absolute atomic E-state index is 0.0317. The van der Waals surface area contributed by atoms with Crippen molar-refractivity contribution < 1.29 is 23.8 Å². The van der Waals surface area contributed by atoms with Crippen molar-refractivity contribution in [1.82, 2.24) is 15.6 Å². The summed E-state index contributed by atoms with van der Waals surface area (Å²) in [5, 5.41) is 17.2. The molecule has 4 rings (SSSR count). The van der Waals surface area contributed by atoms with Crippen LogP contribution in [0.5, 0.6) is 5.88 Å². The Morgan fingerprint density at radius 2 is 1.68 bits per heavy atom. The Morgan fingerprint density at radius 1 is 1.00 bits per heavy atom. The monoisotopic (exact) mass is 558 g/mol. The molecule has 0 fully saturated rings. The SMILES string of the molecule is CNC(=O)CCc1ccc(C(=Nc2ccc(CNCC(=O)OC(C)(C)C)cc2)c2c(O)[nH]c3cc(F)ccc23)cc1. The molecule has 4 N–H and O–H groups in total. The predicted molar refractivity (Wildman–Crippen MR) is 158 cm³/mol. The molecule has 0 unspecified atom stereocenters. The van der Waals surface area contributed by atoms with E-state index in [1.165, 1.54) is 12.1 Å². The van der Waals surface area contributed by atoms with Gasteiger partial charge in [0.1, 0.15) is 11.4 Å². The molecule has 4 aromatic rings. The van der Waals surface area contributed by atoms with Crippen LogP contribution in [0.25, 0.3) is 10.9 Å². The number of fused-ring (bicyclic) bond motifs is 1. The van der Waals surface area contributed by atoms with E-state index in [0.29, 0.717) is 47.3 Å². The summed E-state index contributed by atoms with van der Waals surface area (Å²) in [5.74, 6) is -0.881. The Bertz CT molecular complexity index is 1550. The molecule has 0 bridgehead atoms. The first-order chi connectivity index (χ1) is 19.5. The van der Waals surface area contributed by atoms with E-state index >= 15 is 0 Å². The molecule has 1 aromatic heterocycles. The number of ether oxygens (including phenoxy) is 1. The third-order valence-electron chi connectivity index (χ3n) is 6.32. The maximum atomic E-state index is 13.9. The van der Waals surface area contributed by atoms with Crippen molar-refractivity contribution in [3.05, 3.63) is 94.8 Å². The van der Waals surface area contributed by atoms with Crippen LogP contribution in [-0.4, -0.2) is 46.9 Å². The van der Waals surface area contributed by atoms with Crippen LogP contribution in [0.3, 0.4) is 0 Å². The summed E-state index contributed by atoms with van der Waals surface area (Å²) in [6.07, 6.45) is 0.970. The quantitative estimate of drug-likeness (QED) is 0.156. The molecule has 8 nitrogen and oxygen atoms in total. The van der Waals surface area contributed by atoms with E-state index in [4.69, 9.17) is 9.73 Å². The van der Waals surface area contributed by atoms with Crippen LogP contribution in [0.15, 0.2) is 71.7 Å². The van der Waals surface area contributed by atoms with Crippen molar-refractivity contribution >= 4 is 34.2 Å². The summed E-state index contributed by atoms with van der Waals surface area (Å²) in [5.41, 5.74) is 4.24. The van der Waals surface area contributed by atoms with Crippen LogP contribution in [0, 0.1) is 5.82 Å². The number of hydrogen-bond acceptors (Lipinski definition) is 6. The minimum atomic E-state index is -0.532. The molecule has 0 aliphatic heterocycles. The lowest BCUT2D eigenvalue weighted by atomic mass is 9.98. The van der Waals surface area contributed by atoms with Crippen molar-refractivity contribution in [2.75, 3.05) is 13.6 Å². The number of halogens is 1. The molecule has 0 aliphatic rings. The molecule has 0 atom stereocenters. The van der Waals surface area contributed by atoms with Gasteiger partial charge in [-0.05, 0) is 68.7 Å². The average Bonchev–Trinajstić information content (AvgIpc) is 3.24. The van der Waals surface area contributed by atoms with Gasteiger partial charge in [0.05, 0.1) is 29.0 Å². The summed E-state index contributed by atoms with van der Waals surface area (Å²) in [6.45, 7) is 6.06. The number of carbonyl (C=O) groups excluding carboxylic acids is 2. The third kappa shape index (κ3) is 8.02. The van der Waals surface area contributed by atoms with Gasteiger partial charge in [0.15, 0.2) is 5.88 Å². The number of nitrogens with one attached hydrogen (secondary N) is 3. The Hall–Kier alpha value is -4.50. The van der Waals surface area contributed by atoms with Gasteiger partial charge in [-0.2, -0.15) is 0 Å². The zero-order chi connectivity index (χ0) is 29.6. The number of nitrogens with zero attached hydrogens (tertiary/aromatic N) is 1. The first-order valence-electron chi connectivity index (χ1n) is 13.4. The Labute approximate surface area is 238 Å². The molecular formula is C32H35FN4O4. The van der Waals surface area contributed by atoms with Gasteiger partial charge in [0.25, 0.3) is 0 Å². The maximum absolute atomic E-state index is 13.9. The Kier molecular flexibility index (Phi) is 9.19. The van der Waals surface area contributed by atoms with E-state index in [-0.39, 0.29) is 24.3 Å². The Balaban J connectivity index is 1.61. The number of aliphatic imine (C=N–C) groups is 1. The molecule has 0 radical (unpaired) electrons. The molecular weight excluding hydrogens is 523 g/mol. The van der Waals surface area contributed by atoms with Crippen molar-refractivity contribution in [3.8, 4) is 5.88 Å². The van der Waals surface area contributed by atoms with Crippen LogP contribution < -0.4 is 10.6 Å². The lowest BCUT2D eigenvalue weighted by Gasteiger charge is -2.19. The van der Waals surface area contributed by atoms with Crippen molar-refractivity contribution in [2.45, 2.75) is 45.8 Å². The highest BCUT2D eigenvalue weighted by Gasteiger charge is 2.19. The van der Waals surface area contributed by atoms with Crippen LogP contribution in [-0.2, 0) is 27.3 Å². The number of H-pyrrole nitrogens is 1. The van der Waals surface area contributed by atoms with E-state index in [0.717, 1.165) is 16.7 Å². The van der Waals surface area contributed by atoms with Gasteiger partial charge in [0.2, 0.25) is 5.91 Å². The fraction of sp³-hybridized carbons (Fsp3) is 0.281. The zero-order valence-electron chi connectivity index (χ0n) is 23.7. The molecule has 0 aliphatic carbocycles. The highest BCUT2D eigenvalue weighted by molar-refractivity contribution is 6.21. The normalized spacial score (nSPS) is 12.0. The number of carbonyl (C=O) groups is 2. The number of esters is 1. The molecule has 214 valence electrons. The number of aromatic nitrogens is 1. The number of rotatable bonds is 10. The fourth-order valence-electron chi connectivity index (χ4n) is 4.38. The summed E-state index contributed by atoms with van der Waals surface area (Å²) in [4.78, 5) is 31.4. The first-order valence-corrected chi connectivity index (χ1v) is 13.4. The summed E-state index contributed by atoms with van der Waals surface area (Å²) in [6, 6.07) is 19.5. The van der Waals surface area contributed by atoms with Crippen molar-refractivity contribution in [1.29, 1.82) is 0 Å². The second-order valence-corrected chi connectivity index (χ2v) is 10.7. The van der Waals surface area contributed by atoms with Crippen LogP contribution in [0.1, 0.15) is 49.4 Å². The van der Waals surface area contributed by atoms with Gasteiger partial charge in [0, 0.05) is 31.0 Å². The highest BCUT2D eigenvalue weighted by atomic mass is 19.1. The predicted octanol–water partition coefficient (Wildman–Crippen LogP) is 5.29. The largest absolute Gasteiger partial charge is 0.494 e. The number of hydrogen-bond donors (Lipinski definition) is 4. The van der Waals surface area contributed by atoms with E-state index in [1.54, 1.807) is 13.1 Å². The number of aryl methyl sites for hydroxylation is 1. The van der Waals surface area contributed by atoms with Gasteiger partial charge in [-0.1, -0.05) is 36.4 Å². The van der Waals surface area contributed by atoms with Crippen molar-refractivity contribution in [3.63, 3.8) is 0 Å². The topological polar surface area (TPSA) is 116 Å². The Morgan fingerprint density at radius 3 is 2.34 bits per heavy atom. The molecule has 9 heteroatoms. The highest BCUT2D eigenvalue weighted by Crippen LogP contribution is 2.32. The fourth-order valence-corrected chi connectivity index (χ4v) is 4.38. The first kappa shape index (κ1) is 29.5. The molecule has 1 amide bonds. The van der Waals surface area contributed by atoms with Crippen molar-refractivity contribution in [2.24, 2.45) is 4.99 Å². The summed E-state index contributed by atoms with van der Waals surface area (Å²) < 4.78 is 19.2. The standard InChI is InChI=1S/C32H35FN4O4/c1-32(2,3)41-28(39)19-35-18-21-7-13-24(14-8-21)36-30(22-10-5-20(6-11-22)9-16-27(38)34-4)29-25-15-12-23(33)17-26(25)37-31(29)40/h5-8,10-15,17,35,37,40H,9,16,18-19H2,1-4H3,(H,34,38). The summed E-state index contributed by atoms with van der Waals surface area (Å²) >= 11 is 0. The van der Waals surface area contributed by atoms with E-state index < -0.39 is 11.4 Å². The molecule has 41 heavy (non-hydrogen) atoms. The average molecular weight is 559 g/mol. The van der Waals surface area contributed by atoms with E-state index in [1.807, 2.05) is 69.3 Å². The maximum Gasteiger partial charge on any atom is 0.320 e. The minimum Gasteiger partial charge on any atom is -0.494 e. The lowest BCUT2D eigenvalue weighted by molar-refractivity contribution is -0.153. The summed E-state index contributed by atoms with van der Waals surface area (Å²) in [7, 11) is 1.61. The number of amides is 1. The molecule has 3 aromatic carbocycles. The van der Waals surface area contributed by atoms with E-state index in [2.05, 4.69) is 15.6 Å². The van der Waals surface area contributed by atoms with Gasteiger partial charge >= 0.3 is 5.97 Å². The zero-order valence-corrected chi connectivity index (χ0v) is 23.7. The van der Waals surface area contributed by atoms with Gasteiger partial charge in [-0.25, -0.2) is 9.38 Å². The van der Waals surface area contributed by atoms with Crippen LogP contribution in [0.4, 0.5) is 10.1 Å². The second-order valence-electron chi connectivity index (χ2n) is 10.7. The smallest absolute Gasteiger partial charge is 0.320 e. The lowest BCUT2D eigenvalue weighted by Crippen LogP contribution is -2.31. The van der Waals surface area contributed by atoms with Crippen LogP contribution >= 0.6 is 0 Å². The molecule has 0 saturated carbocycles. The van der Waals surface area contributed by atoms with Gasteiger partial charge < -0.3 is 25.5 Å². The van der Waals surface area contributed by atoms with E-state index in [9.17, 15) is 19.1 Å². The second kappa shape index (κ2) is 12.8. The molecule has 1 heterocycles. The number of aromatic hydroxyl groups is 1. The third-order valence-corrected chi connectivity index (χ3v) is 6.32.